The Balaban J connectivity index is 1.45. The van der Waals surface area contributed by atoms with E-state index in [-0.39, 0.29) is 12.4 Å². The summed E-state index contributed by atoms with van der Waals surface area (Å²) in [5, 5.41) is 13.7. The summed E-state index contributed by atoms with van der Waals surface area (Å²) in [6.45, 7) is 6.77. The normalized spacial score (nSPS) is 14.9. The first-order valence-electron chi connectivity index (χ1n) is 12.5. The standard InChI is InChI=1S/C29H29F3N4O2/c1-19(22-14-23(29(30,31)32)16-25(15-22)38-18-21-6-4-3-5-7-21)33-28-27-17-24(36-10-12-37-13-11-36)8-9-26(27)20(2)34-35-28/h3-9,14-17,19H,10-13,18H2,1-2H3,(H,33,35)/t19-/m1/s1. The number of hydrogen-bond acceptors (Lipinski definition) is 6. The van der Waals surface area contributed by atoms with E-state index in [9.17, 15) is 13.2 Å². The number of ether oxygens (including phenoxy) is 2. The fraction of sp³-hybridized carbons (Fsp3) is 0.310. The lowest BCUT2D eigenvalue weighted by Crippen LogP contribution is -2.36. The van der Waals surface area contributed by atoms with Gasteiger partial charge in [-0.2, -0.15) is 18.3 Å². The Labute approximate surface area is 219 Å². The van der Waals surface area contributed by atoms with E-state index in [0.29, 0.717) is 24.6 Å². The molecule has 1 aromatic heterocycles. The number of morpholine rings is 1. The van der Waals surface area contributed by atoms with Crippen molar-refractivity contribution in [2.45, 2.75) is 32.7 Å². The van der Waals surface area contributed by atoms with Crippen molar-refractivity contribution in [3.05, 3.63) is 89.1 Å². The summed E-state index contributed by atoms with van der Waals surface area (Å²) in [6, 6.07) is 18.8. The zero-order chi connectivity index (χ0) is 26.7. The second-order valence-corrected chi connectivity index (χ2v) is 9.39. The Morgan fingerprint density at radius 3 is 2.47 bits per heavy atom. The van der Waals surface area contributed by atoms with Gasteiger partial charge < -0.3 is 19.7 Å². The first-order chi connectivity index (χ1) is 18.3. The van der Waals surface area contributed by atoms with Crippen LogP contribution in [0.25, 0.3) is 10.8 Å². The molecule has 0 bridgehead atoms. The summed E-state index contributed by atoms with van der Waals surface area (Å²) in [6.07, 6.45) is -4.51. The number of fused-ring (bicyclic) bond motifs is 1. The Morgan fingerprint density at radius 1 is 0.974 bits per heavy atom. The molecular formula is C29H29F3N4O2. The van der Waals surface area contributed by atoms with Gasteiger partial charge in [0, 0.05) is 29.5 Å². The molecule has 1 aliphatic rings. The van der Waals surface area contributed by atoms with Gasteiger partial charge in [-0.05, 0) is 55.3 Å². The molecule has 1 atom stereocenters. The van der Waals surface area contributed by atoms with Crippen molar-refractivity contribution in [3.63, 3.8) is 0 Å². The Kier molecular flexibility index (Phi) is 7.37. The molecule has 1 fully saturated rings. The molecule has 0 aliphatic carbocycles. The zero-order valence-corrected chi connectivity index (χ0v) is 21.3. The van der Waals surface area contributed by atoms with E-state index < -0.39 is 17.8 Å². The van der Waals surface area contributed by atoms with Gasteiger partial charge in [0.2, 0.25) is 0 Å². The number of benzene rings is 3. The van der Waals surface area contributed by atoms with Gasteiger partial charge in [-0.1, -0.05) is 36.4 Å². The number of nitrogens with one attached hydrogen (secondary N) is 1. The first kappa shape index (κ1) is 25.8. The lowest BCUT2D eigenvalue weighted by Gasteiger charge is -2.29. The molecule has 6 nitrogen and oxygen atoms in total. The van der Waals surface area contributed by atoms with Gasteiger partial charge in [0.05, 0.1) is 30.5 Å². The van der Waals surface area contributed by atoms with Crippen LogP contribution in [0.15, 0.2) is 66.7 Å². The van der Waals surface area contributed by atoms with Crippen molar-refractivity contribution in [1.82, 2.24) is 10.2 Å². The highest BCUT2D eigenvalue weighted by Gasteiger charge is 2.32. The molecule has 0 radical (unpaired) electrons. The zero-order valence-electron chi connectivity index (χ0n) is 21.3. The van der Waals surface area contributed by atoms with Gasteiger partial charge in [-0.3, -0.25) is 0 Å². The molecule has 0 unspecified atom stereocenters. The van der Waals surface area contributed by atoms with Gasteiger partial charge in [-0.15, -0.1) is 5.10 Å². The van der Waals surface area contributed by atoms with E-state index in [1.807, 2.05) is 43.3 Å². The van der Waals surface area contributed by atoms with E-state index >= 15 is 0 Å². The van der Waals surface area contributed by atoms with Crippen molar-refractivity contribution >= 4 is 22.3 Å². The number of hydrogen-bond donors (Lipinski definition) is 1. The topological polar surface area (TPSA) is 59.5 Å². The summed E-state index contributed by atoms with van der Waals surface area (Å²) >= 11 is 0. The summed E-state index contributed by atoms with van der Waals surface area (Å²) in [7, 11) is 0. The molecule has 198 valence electrons. The van der Waals surface area contributed by atoms with Gasteiger partial charge >= 0.3 is 6.18 Å². The number of nitrogens with zero attached hydrogens (tertiary/aromatic N) is 3. The second-order valence-electron chi connectivity index (χ2n) is 9.39. The Morgan fingerprint density at radius 2 is 1.74 bits per heavy atom. The van der Waals surface area contributed by atoms with Crippen molar-refractivity contribution < 1.29 is 22.6 Å². The molecule has 38 heavy (non-hydrogen) atoms. The van der Waals surface area contributed by atoms with Crippen LogP contribution < -0.4 is 15.0 Å². The van der Waals surface area contributed by atoms with E-state index in [2.05, 4.69) is 32.5 Å². The molecule has 5 rings (SSSR count). The highest BCUT2D eigenvalue weighted by atomic mass is 19.4. The van der Waals surface area contributed by atoms with Gasteiger partial charge in [0.15, 0.2) is 5.82 Å². The van der Waals surface area contributed by atoms with E-state index in [1.54, 1.807) is 13.0 Å². The number of halogens is 3. The molecule has 2 heterocycles. The molecule has 3 aromatic carbocycles. The van der Waals surface area contributed by atoms with Crippen LogP contribution in [-0.4, -0.2) is 36.5 Å². The number of aryl methyl sites for hydroxylation is 1. The fourth-order valence-corrected chi connectivity index (χ4v) is 4.55. The summed E-state index contributed by atoms with van der Waals surface area (Å²) in [5.74, 6) is 0.666. The fourth-order valence-electron chi connectivity index (χ4n) is 4.55. The highest BCUT2D eigenvalue weighted by Crippen LogP contribution is 2.36. The van der Waals surface area contributed by atoms with Crippen LogP contribution in [0.4, 0.5) is 24.7 Å². The maximum absolute atomic E-state index is 13.8. The Bertz CT molecular complexity index is 1410. The Hall–Kier alpha value is -3.85. The van der Waals surface area contributed by atoms with Crippen LogP contribution >= 0.6 is 0 Å². The molecule has 1 aliphatic heterocycles. The average Bonchev–Trinajstić information content (AvgIpc) is 2.93. The lowest BCUT2D eigenvalue weighted by molar-refractivity contribution is -0.137. The largest absolute Gasteiger partial charge is 0.489 e. The first-order valence-corrected chi connectivity index (χ1v) is 12.5. The minimum absolute atomic E-state index is 0.154. The number of rotatable bonds is 7. The minimum atomic E-state index is -4.51. The van der Waals surface area contributed by atoms with Crippen molar-refractivity contribution in [1.29, 1.82) is 0 Å². The molecule has 0 saturated carbocycles. The molecule has 0 amide bonds. The number of alkyl halides is 3. The van der Waals surface area contributed by atoms with Crippen LogP contribution in [0.1, 0.15) is 35.3 Å². The maximum atomic E-state index is 13.8. The molecule has 9 heteroatoms. The van der Waals surface area contributed by atoms with Crippen LogP contribution in [0.2, 0.25) is 0 Å². The predicted molar refractivity (Wildman–Crippen MR) is 142 cm³/mol. The summed E-state index contributed by atoms with van der Waals surface area (Å²) < 4.78 is 52.5. The molecule has 1 N–H and O–H groups in total. The van der Waals surface area contributed by atoms with Crippen molar-refractivity contribution in [2.75, 3.05) is 36.5 Å². The SMILES string of the molecule is Cc1nnc(N[C@H](C)c2cc(OCc3ccccc3)cc(C(F)(F)F)c2)c2cc(N3CCOCC3)ccc12. The predicted octanol–water partition coefficient (Wildman–Crippen LogP) is 6.55. The van der Waals surface area contributed by atoms with Gasteiger partial charge in [0.1, 0.15) is 12.4 Å². The van der Waals surface area contributed by atoms with E-state index in [1.165, 1.54) is 0 Å². The van der Waals surface area contributed by atoms with E-state index in [0.717, 1.165) is 52.9 Å². The number of anilines is 2. The quantitative estimate of drug-likeness (QED) is 0.297. The van der Waals surface area contributed by atoms with Gasteiger partial charge in [-0.25, -0.2) is 0 Å². The average molecular weight is 523 g/mol. The van der Waals surface area contributed by atoms with Crippen LogP contribution in [-0.2, 0) is 17.5 Å². The second kappa shape index (κ2) is 10.9. The monoisotopic (exact) mass is 522 g/mol. The number of aromatic nitrogens is 2. The molecule has 4 aromatic rings. The molecule has 1 saturated heterocycles. The molecular weight excluding hydrogens is 493 g/mol. The molecule has 0 spiro atoms. The smallest absolute Gasteiger partial charge is 0.416 e. The minimum Gasteiger partial charge on any atom is -0.489 e. The van der Waals surface area contributed by atoms with Crippen molar-refractivity contribution in [3.8, 4) is 5.75 Å². The third-order valence-electron chi connectivity index (χ3n) is 6.68. The third kappa shape index (κ3) is 5.83. The highest BCUT2D eigenvalue weighted by molar-refractivity contribution is 5.95. The van der Waals surface area contributed by atoms with Crippen molar-refractivity contribution in [2.24, 2.45) is 0 Å². The summed E-state index contributed by atoms with van der Waals surface area (Å²) in [5.41, 5.74) is 2.36. The maximum Gasteiger partial charge on any atom is 0.416 e. The van der Waals surface area contributed by atoms with Crippen LogP contribution in [0.5, 0.6) is 5.75 Å². The van der Waals surface area contributed by atoms with Crippen LogP contribution in [0.3, 0.4) is 0 Å². The van der Waals surface area contributed by atoms with Crippen LogP contribution in [0, 0.1) is 6.92 Å². The van der Waals surface area contributed by atoms with E-state index in [4.69, 9.17) is 9.47 Å². The lowest BCUT2D eigenvalue weighted by atomic mass is 10.0. The third-order valence-corrected chi connectivity index (χ3v) is 6.68. The summed E-state index contributed by atoms with van der Waals surface area (Å²) in [4.78, 5) is 2.25. The van der Waals surface area contributed by atoms with Gasteiger partial charge in [0.25, 0.3) is 0 Å².